The average molecular weight is 240 g/mol. The number of aromatic nitrogens is 1. The summed E-state index contributed by atoms with van der Waals surface area (Å²) in [6, 6.07) is 5.17. The summed E-state index contributed by atoms with van der Waals surface area (Å²) < 4.78 is 13.6. The SMILES string of the molecule is Cc1cc2cc(Br)c(F)cc2cn1. The van der Waals surface area contributed by atoms with E-state index in [9.17, 15) is 4.39 Å². The van der Waals surface area contributed by atoms with Crippen LogP contribution in [0.4, 0.5) is 4.39 Å². The lowest BCUT2D eigenvalue weighted by Gasteiger charge is -2.00. The van der Waals surface area contributed by atoms with Crippen molar-refractivity contribution in [2.24, 2.45) is 0 Å². The van der Waals surface area contributed by atoms with Crippen LogP contribution in [0, 0.1) is 12.7 Å². The van der Waals surface area contributed by atoms with E-state index in [4.69, 9.17) is 0 Å². The second-order valence-corrected chi connectivity index (χ2v) is 3.79. The number of aryl methyl sites for hydroxylation is 1. The summed E-state index contributed by atoms with van der Waals surface area (Å²) in [4.78, 5) is 4.10. The van der Waals surface area contributed by atoms with Crippen LogP contribution in [0.3, 0.4) is 0 Å². The molecule has 0 saturated heterocycles. The van der Waals surface area contributed by atoms with Crippen molar-refractivity contribution in [2.75, 3.05) is 0 Å². The Labute approximate surface area is 83.7 Å². The molecule has 0 N–H and O–H groups in total. The van der Waals surface area contributed by atoms with Crippen LogP contribution >= 0.6 is 15.9 Å². The summed E-state index contributed by atoms with van der Waals surface area (Å²) in [5, 5.41) is 1.83. The van der Waals surface area contributed by atoms with Gasteiger partial charge >= 0.3 is 0 Å². The topological polar surface area (TPSA) is 12.9 Å². The number of hydrogen-bond donors (Lipinski definition) is 0. The van der Waals surface area contributed by atoms with Crippen molar-refractivity contribution in [3.05, 3.63) is 40.4 Å². The van der Waals surface area contributed by atoms with Gasteiger partial charge in [0.25, 0.3) is 0 Å². The Morgan fingerprint density at radius 2 is 2.00 bits per heavy atom. The molecule has 13 heavy (non-hydrogen) atoms. The van der Waals surface area contributed by atoms with Crippen molar-refractivity contribution in [3.63, 3.8) is 0 Å². The van der Waals surface area contributed by atoms with Crippen LogP contribution in [0.5, 0.6) is 0 Å². The molecule has 0 atom stereocenters. The first-order valence-corrected chi connectivity index (χ1v) is 4.67. The van der Waals surface area contributed by atoms with E-state index < -0.39 is 0 Å². The van der Waals surface area contributed by atoms with Crippen LogP contribution < -0.4 is 0 Å². The minimum atomic E-state index is -0.252. The lowest BCUT2D eigenvalue weighted by molar-refractivity contribution is 0.623. The Hall–Kier alpha value is -0.960. The van der Waals surface area contributed by atoms with Gasteiger partial charge in [0, 0.05) is 17.3 Å². The molecule has 2 aromatic rings. The number of hydrogen-bond acceptors (Lipinski definition) is 1. The summed E-state index contributed by atoms with van der Waals surface area (Å²) in [5.74, 6) is -0.252. The van der Waals surface area contributed by atoms with Gasteiger partial charge in [-0.2, -0.15) is 0 Å². The standard InChI is InChI=1S/C10H7BrFN/c1-6-2-7-3-9(11)10(12)4-8(7)5-13-6/h2-5H,1H3. The minimum Gasteiger partial charge on any atom is -0.261 e. The van der Waals surface area contributed by atoms with Gasteiger partial charge in [0.1, 0.15) is 5.82 Å². The maximum atomic E-state index is 13.1. The summed E-state index contributed by atoms with van der Waals surface area (Å²) >= 11 is 3.15. The van der Waals surface area contributed by atoms with Gasteiger partial charge in [0.2, 0.25) is 0 Å². The Kier molecular flexibility index (Phi) is 2.04. The molecule has 0 spiro atoms. The lowest BCUT2D eigenvalue weighted by atomic mass is 10.1. The molecular formula is C10H7BrFN. The molecular weight excluding hydrogens is 233 g/mol. The molecule has 0 saturated carbocycles. The van der Waals surface area contributed by atoms with Crippen molar-refractivity contribution in [3.8, 4) is 0 Å². The summed E-state index contributed by atoms with van der Waals surface area (Å²) in [6.45, 7) is 1.91. The van der Waals surface area contributed by atoms with E-state index in [1.54, 1.807) is 12.3 Å². The summed E-state index contributed by atoms with van der Waals surface area (Å²) in [5.41, 5.74) is 0.936. The Bertz CT molecular complexity index is 468. The summed E-state index contributed by atoms with van der Waals surface area (Å²) in [6.07, 6.45) is 1.68. The van der Waals surface area contributed by atoms with Gasteiger partial charge in [-0.15, -0.1) is 0 Å². The van der Waals surface area contributed by atoms with Gasteiger partial charge in [-0.1, -0.05) is 0 Å². The van der Waals surface area contributed by atoms with E-state index in [0.717, 1.165) is 16.5 Å². The first-order chi connectivity index (χ1) is 6.16. The number of nitrogens with zero attached hydrogens (tertiary/aromatic N) is 1. The highest BCUT2D eigenvalue weighted by molar-refractivity contribution is 9.10. The molecule has 1 aromatic carbocycles. The van der Waals surface area contributed by atoms with Crippen LogP contribution in [-0.4, -0.2) is 4.98 Å². The highest BCUT2D eigenvalue weighted by atomic mass is 79.9. The molecule has 66 valence electrons. The fourth-order valence-electron chi connectivity index (χ4n) is 1.25. The van der Waals surface area contributed by atoms with Gasteiger partial charge < -0.3 is 0 Å². The van der Waals surface area contributed by atoms with Gasteiger partial charge in [0.05, 0.1) is 4.47 Å². The van der Waals surface area contributed by atoms with Crippen LogP contribution in [-0.2, 0) is 0 Å². The predicted octanol–water partition coefficient (Wildman–Crippen LogP) is 3.44. The molecule has 0 aliphatic rings. The first-order valence-electron chi connectivity index (χ1n) is 3.88. The normalized spacial score (nSPS) is 10.7. The van der Waals surface area contributed by atoms with E-state index in [0.29, 0.717) is 4.47 Å². The maximum Gasteiger partial charge on any atom is 0.138 e. The highest BCUT2D eigenvalue weighted by Crippen LogP contribution is 2.22. The third kappa shape index (κ3) is 1.56. The molecule has 1 aromatic heterocycles. The third-order valence-electron chi connectivity index (χ3n) is 1.90. The second kappa shape index (κ2) is 3.07. The van der Waals surface area contributed by atoms with Crippen molar-refractivity contribution in [1.29, 1.82) is 0 Å². The number of benzene rings is 1. The molecule has 0 bridgehead atoms. The molecule has 0 radical (unpaired) electrons. The van der Waals surface area contributed by atoms with Crippen molar-refractivity contribution >= 4 is 26.7 Å². The Balaban J connectivity index is 2.81. The molecule has 0 fully saturated rings. The van der Waals surface area contributed by atoms with Crippen molar-refractivity contribution in [1.82, 2.24) is 4.98 Å². The molecule has 1 nitrogen and oxygen atoms in total. The largest absolute Gasteiger partial charge is 0.261 e. The number of halogens is 2. The van der Waals surface area contributed by atoms with E-state index in [1.165, 1.54) is 6.07 Å². The lowest BCUT2D eigenvalue weighted by Crippen LogP contribution is -1.83. The van der Waals surface area contributed by atoms with Gasteiger partial charge in [-0.05, 0) is 46.4 Å². The quantitative estimate of drug-likeness (QED) is 0.687. The smallest absolute Gasteiger partial charge is 0.138 e. The zero-order chi connectivity index (χ0) is 9.42. The molecule has 0 amide bonds. The molecule has 2 rings (SSSR count). The molecule has 3 heteroatoms. The number of rotatable bonds is 0. The Morgan fingerprint density at radius 3 is 2.77 bits per heavy atom. The van der Waals surface area contributed by atoms with E-state index in [2.05, 4.69) is 20.9 Å². The molecule has 1 heterocycles. The van der Waals surface area contributed by atoms with Crippen LogP contribution in [0.15, 0.2) is 28.9 Å². The number of fused-ring (bicyclic) bond motifs is 1. The third-order valence-corrected chi connectivity index (χ3v) is 2.51. The van der Waals surface area contributed by atoms with E-state index in [-0.39, 0.29) is 5.82 Å². The Morgan fingerprint density at radius 1 is 1.23 bits per heavy atom. The molecule has 0 unspecified atom stereocenters. The minimum absolute atomic E-state index is 0.252. The fraction of sp³-hybridized carbons (Fsp3) is 0.100. The second-order valence-electron chi connectivity index (χ2n) is 2.94. The van der Waals surface area contributed by atoms with E-state index in [1.807, 2.05) is 13.0 Å². The summed E-state index contributed by atoms with van der Waals surface area (Å²) in [7, 11) is 0. The zero-order valence-corrected chi connectivity index (χ0v) is 8.60. The van der Waals surface area contributed by atoms with Crippen LogP contribution in [0.2, 0.25) is 0 Å². The fourth-order valence-corrected chi connectivity index (χ4v) is 1.61. The van der Waals surface area contributed by atoms with E-state index >= 15 is 0 Å². The van der Waals surface area contributed by atoms with Crippen LogP contribution in [0.25, 0.3) is 10.8 Å². The van der Waals surface area contributed by atoms with Crippen molar-refractivity contribution < 1.29 is 4.39 Å². The maximum absolute atomic E-state index is 13.1. The molecule has 0 aliphatic carbocycles. The number of pyridine rings is 1. The van der Waals surface area contributed by atoms with Gasteiger partial charge in [-0.25, -0.2) is 4.39 Å². The van der Waals surface area contributed by atoms with Gasteiger partial charge in [-0.3, -0.25) is 4.98 Å². The average Bonchev–Trinajstić information content (AvgIpc) is 2.08. The van der Waals surface area contributed by atoms with Gasteiger partial charge in [0.15, 0.2) is 0 Å². The monoisotopic (exact) mass is 239 g/mol. The molecule has 0 aliphatic heterocycles. The first kappa shape index (κ1) is 8.63. The highest BCUT2D eigenvalue weighted by Gasteiger charge is 2.01. The van der Waals surface area contributed by atoms with Crippen LogP contribution in [0.1, 0.15) is 5.69 Å². The van der Waals surface area contributed by atoms with Crippen molar-refractivity contribution in [2.45, 2.75) is 6.92 Å². The predicted molar refractivity (Wildman–Crippen MR) is 54.1 cm³/mol. The zero-order valence-electron chi connectivity index (χ0n) is 7.01.